The van der Waals surface area contributed by atoms with E-state index in [1.807, 2.05) is 24.3 Å². The third-order valence-corrected chi connectivity index (χ3v) is 15.1. The Morgan fingerprint density at radius 3 is 1.19 bits per heavy atom. The zero-order chi connectivity index (χ0) is 47.9. The molecule has 3 heteroatoms. The molecule has 3 nitrogen and oxygen atoms in total. The molecule has 0 radical (unpaired) electrons. The summed E-state index contributed by atoms with van der Waals surface area (Å²) in [5, 5.41) is 4.51. The summed E-state index contributed by atoms with van der Waals surface area (Å²) in [7, 11) is 0. The predicted octanol–water partition coefficient (Wildman–Crippen LogP) is 19.6. The van der Waals surface area contributed by atoms with Gasteiger partial charge in [0.15, 0.2) is 0 Å². The average Bonchev–Trinajstić information content (AvgIpc) is 4.09. The number of hydrogen-bond acceptors (Lipinski definition) is 3. The van der Waals surface area contributed by atoms with Crippen molar-refractivity contribution in [2.75, 3.05) is 4.90 Å². The van der Waals surface area contributed by atoms with E-state index in [2.05, 4.69) is 243 Å². The van der Waals surface area contributed by atoms with Gasteiger partial charge in [0.2, 0.25) is 0 Å². The van der Waals surface area contributed by atoms with Crippen molar-refractivity contribution < 1.29 is 8.83 Å². The molecule has 0 unspecified atom stereocenters. The Balaban J connectivity index is 0.868. The third-order valence-electron chi connectivity index (χ3n) is 15.1. The first-order valence-electron chi connectivity index (χ1n) is 24.8. The highest BCUT2D eigenvalue weighted by Gasteiger charge is 2.36. The van der Waals surface area contributed by atoms with Gasteiger partial charge in [0, 0.05) is 55.1 Å². The third kappa shape index (κ3) is 6.81. The number of anilines is 3. The van der Waals surface area contributed by atoms with Crippen LogP contribution in [0.25, 0.3) is 111 Å². The second-order valence-corrected chi connectivity index (χ2v) is 19.6. The number of benzene rings is 11. The van der Waals surface area contributed by atoms with E-state index >= 15 is 0 Å². The van der Waals surface area contributed by atoms with Crippen molar-refractivity contribution in [3.05, 3.63) is 260 Å². The lowest BCUT2D eigenvalue weighted by atomic mass is 9.81. The molecule has 0 spiro atoms. The maximum Gasteiger partial charge on any atom is 0.143 e. The summed E-state index contributed by atoms with van der Waals surface area (Å²) >= 11 is 0. The summed E-state index contributed by atoms with van der Waals surface area (Å²) in [4.78, 5) is 2.39. The first-order chi connectivity index (χ1) is 35.4. The molecule has 2 aromatic heterocycles. The lowest BCUT2D eigenvalue weighted by molar-refractivity contribution is 0.660. The van der Waals surface area contributed by atoms with Crippen molar-refractivity contribution >= 4 is 60.9 Å². The van der Waals surface area contributed by atoms with Crippen molar-refractivity contribution in [3.63, 3.8) is 0 Å². The first-order valence-corrected chi connectivity index (χ1v) is 24.8. The molecule has 13 aromatic rings. The molecular weight excluding hydrogens is 875 g/mol. The standard InChI is InChI=1S/C69H47NO2/c1-69(2)63-42-48(51-40-49(44-15-5-3-6-16-44)39-50(41-51)45-17-7-4-8-18-45)31-37-57(63)58-38-36-54(43-64(58)69)70(52-32-27-46(28-33-52)55-21-13-23-61-59-19-9-11-25-65(59)71-67(55)61)53-34-29-47(30-35-53)56-22-14-24-62-60-20-10-12-26-66(60)72-68(56)62/h3-43H,1-2H3. The summed E-state index contributed by atoms with van der Waals surface area (Å²) in [5.74, 6) is 0. The molecule has 1 aliphatic carbocycles. The molecule has 0 amide bonds. The molecule has 0 aliphatic heterocycles. The lowest BCUT2D eigenvalue weighted by Crippen LogP contribution is -2.16. The van der Waals surface area contributed by atoms with E-state index in [1.165, 1.54) is 55.6 Å². The minimum atomic E-state index is -0.272. The smallest absolute Gasteiger partial charge is 0.143 e. The molecule has 0 fully saturated rings. The molecule has 72 heavy (non-hydrogen) atoms. The molecule has 2 heterocycles. The zero-order valence-electron chi connectivity index (χ0n) is 39.9. The Bertz CT molecular complexity index is 4000. The molecule has 0 bridgehead atoms. The maximum atomic E-state index is 6.50. The van der Waals surface area contributed by atoms with Crippen LogP contribution < -0.4 is 4.90 Å². The zero-order valence-corrected chi connectivity index (χ0v) is 39.9. The first kappa shape index (κ1) is 41.8. The fourth-order valence-electron chi connectivity index (χ4n) is 11.4. The second kappa shape index (κ2) is 16.5. The largest absolute Gasteiger partial charge is 0.455 e. The summed E-state index contributed by atoms with van der Waals surface area (Å²) < 4.78 is 13.0. The Hall–Kier alpha value is -9.18. The average molecular weight is 922 g/mol. The van der Waals surface area contributed by atoms with Crippen LogP contribution in [0, 0.1) is 0 Å². The van der Waals surface area contributed by atoms with Gasteiger partial charge in [0.25, 0.3) is 0 Å². The predicted molar refractivity (Wildman–Crippen MR) is 300 cm³/mol. The Morgan fingerprint density at radius 1 is 0.278 bits per heavy atom. The number of nitrogens with zero attached hydrogens (tertiary/aromatic N) is 1. The van der Waals surface area contributed by atoms with Gasteiger partial charge >= 0.3 is 0 Å². The molecular formula is C69H47NO2. The molecule has 0 saturated carbocycles. The number of rotatable bonds is 8. The van der Waals surface area contributed by atoms with Crippen molar-refractivity contribution in [1.82, 2.24) is 0 Å². The lowest BCUT2D eigenvalue weighted by Gasteiger charge is -2.28. The second-order valence-electron chi connectivity index (χ2n) is 19.6. The van der Waals surface area contributed by atoms with Gasteiger partial charge in [-0.3, -0.25) is 0 Å². The van der Waals surface area contributed by atoms with E-state index in [1.54, 1.807) is 0 Å². The molecule has 11 aromatic carbocycles. The summed E-state index contributed by atoms with van der Waals surface area (Å²) in [6.45, 7) is 4.76. The quantitative estimate of drug-likeness (QED) is 0.152. The van der Waals surface area contributed by atoms with E-state index in [0.717, 1.165) is 83.2 Å². The highest BCUT2D eigenvalue weighted by molar-refractivity contribution is 6.11. The normalized spacial score (nSPS) is 12.7. The van der Waals surface area contributed by atoms with Crippen LogP contribution in [0.2, 0.25) is 0 Å². The molecule has 14 rings (SSSR count). The van der Waals surface area contributed by atoms with E-state index in [0.29, 0.717) is 0 Å². The number of hydrogen-bond donors (Lipinski definition) is 0. The monoisotopic (exact) mass is 921 g/mol. The van der Waals surface area contributed by atoms with Crippen molar-refractivity contribution in [3.8, 4) is 66.8 Å². The molecule has 0 N–H and O–H groups in total. The SMILES string of the molecule is CC1(C)c2cc(-c3cc(-c4ccccc4)cc(-c4ccccc4)c3)ccc2-c2ccc(N(c3ccc(-c4cccc5c4oc4ccccc45)cc3)c3ccc(-c4cccc5c4oc4ccccc45)cc3)cc21. The van der Waals surface area contributed by atoms with Crippen LogP contribution in [-0.4, -0.2) is 0 Å². The van der Waals surface area contributed by atoms with Gasteiger partial charge in [-0.2, -0.15) is 0 Å². The summed E-state index contributed by atoms with van der Waals surface area (Å²) in [6.07, 6.45) is 0. The highest BCUT2D eigenvalue weighted by atomic mass is 16.3. The van der Waals surface area contributed by atoms with E-state index in [-0.39, 0.29) is 5.41 Å². The fraction of sp³-hybridized carbons (Fsp3) is 0.0435. The number of furan rings is 2. The number of para-hydroxylation sites is 4. The number of fused-ring (bicyclic) bond motifs is 9. The summed E-state index contributed by atoms with van der Waals surface area (Å²) in [6, 6.07) is 89.9. The van der Waals surface area contributed by atoms with Gasteiger partial charge in [-0.25, -0.2) is 0 Å². The molecule has 340 valence electrons. The van der Waals surface area contributed by atoms with Gasteiger partial charge in [-0.15, -0.1) is 0 Å². The van der Waals surface area contributed by atoms with Crippen LogP contribution >= 0.6 is 0 Å². The van der Waals surface area contributed by atoms with Crippen molar-refractivity contribution in [1.29, 1.82) is 0 Å². The topological polar surface area (TPSA) is 29.5 Å². The van der Waals surface area contributed by atoms with Crippen molar-refractivity contribution in [2.24, 2.45) is 0 Å². The molecule has 1 aliphatic rings. The van der Waals surface area contributed by atoms with Gasteiger partial charge in [-0.1, -0.05) is 190 Å². The van der Waals surface area contributed by atoms with Crippen LogP contribution in [-0.2, 0) is 5.41 Å². The fourth-order valence-corrected chi connectivity index (χ4v) is 11.4. The van der Waals surface area contributed by atoms with Gasteiger partial charge < -0.3 is 13.7 Å². The Kier molecular flexibility index (Phi) is 9.56. The van der Waals surface area contributed by atoms with Crippen LogP contribution in [0.5, 0.6) is 0 Å². The van der Waals surface area contributed by atoms with E-state index in [4.69, 9.17) is 8.83 Å². The van der Waals surface area contributed by atoms with Crippen LogP contribution in [0.4, 0.5) is 17.1 Å². The van der Waals surface area contributed by atoms with Gasteiger partial charge in [-0.05, 0) is 140 Å². The van der Waals surface area contributed by atoms with Crippen LogP contribution in [0.1, 0.15) is 25.0 Å². The molecule has 0 atom stereocenters. The van der Waals surface area contributed by atoms with Gasteiger partial charge in [0.1, 0.15) is 22.3 Å². The molecule has 0 saturated heterocycles. The van der Waals surface area contributed by atoms with E-state index in [9.17, 15) is 0 Å². The van der Waals surface area contributed by atoms with Gasteiger partial charge in [0.05, 0.1) is 0 Å². The Labute approximate surface area is 418 Å². The summed E-state index contributed by atoms with van der Waals surface area (Å²) in [5.41, 5.74) is 23.3. The minimum Gasteiger partial charge on any atom is -0.455 e. The van der Waals surface area contributed by atoms with Crippen LogP contribution in [0.3, 0.4) is 0 Å². The maximum absolute atomic E-state index is 6.50. The van der Waals surface area contributed by atoms with Crippen LogP contribution in [0.15, 0.2) is 258 Å². The van der Waals surface area contributed by atoms with E-state index < -0.39 is 0 Å². The Morgan fingerprint density at radius 2 is 0.681 bits per heavy atom. The highest BCUT2D eigenvalue weighted by Crippen LogP contribution is 2.52. The minimum absolute atomic E-state index is 0.272. The van der Waals surface area contributed by atoms with Crippen molar-refractivity contribution in [2.45, 2.75) is 19.3 Å².